The lowest BCUT2D eigenvalue weighted by Crippen LogP contribution is -1.91. The summed E-state index contributed by atoms with van der Waals surface area (Å²) < 4.78 is 6.32. The van der Waals surface area contributed by atoms with E-state index in [0.29, 0.717) is 0 Å². The molecule has 4 aromatic carbocycles. The Labute approximate surface area is 174 Å². The third-order valence-corrected chi connectivity index (χ3v) is 6.00. The van der Waals surface area contributed by atoms with Crippen molar-refractivity contribution >= 4 is 43.6 Å². The van der Waals surface area contributed by atoms with Crippen molar-refractivity contribution in [2.24, 2.45) is 0 Å². The van der Waals surface area contributed by atoms with E-state index in [9.17, 15) is 0 Å². The minimum absolute atomic E-state index is 0.743. The molecule has 0 aliphatic rings. The van der Waals surface area contributed by atoms with E-state index in [2.05, 4.69) is 85.3 Å². The van der Waals surface area contributed by atoms with Crippen LogP contribution in [0.25, 0.3) is 54.9 Å². The molecule has 0 spiro atoms. The van der Waals surface area contributed by atoms with Crippen molar-refractivity contribution in [2.75, 3.05) is 0 Å². The van der Waals surface area contributed by atoms with E-state index in [1.165, 1.54) is 32.8 Å². The summed E-state index contributed by atoms with van der Waals surface area (Å²) in [5.74, 6) is 0. The molecule has 2 heterocycles. The Balaban J connectivity index is 1.70. The van der Waals surface area contributed by atoms with Crippen molar-refractivity contribution in [1.82, 2.24) is 9.97 Å². The van der Waals surface area contributed by atoms with Gasteiger partial charge in [-0.15, -0.1) is 0 Å². The maximum atomic E-state index is 6.32. The molecule has 2 aromatic heterocycles. The molecule has 0 atom stereocenters. The number of aryl methyl sites for hydroxylation is 3. The number of hydrogen-bond donors (Lipinski definition) is 0. The van der Waals surface area contributed by atoms with Crippen LogP contribution in [0.3, 0.4) is 0 Å². The lowest BCUT2D eigenvalue weighted by Gasteiger charge is -2.11. The van der Waals surface area contributed by atoms with Crippen LogP contribution in [-0.4, -0.2) is 9.97 Å². The second-order valence-electron chi connectivity index (χ2n) is 8.13. The Hall–Kier alpha value is -3.72. The first-order valence-electron chi connectivity index (χ1n) is 10.2. The van der Waals surface area contributed by atoms with E-state index in [1.54, 1.807) is 6.33 Å². The molecule has 0 unspecified atom stereocenters. The molecule has 0 amide bonds. The van der Waals surface area contributed by atoms with Crippen molar-refractivity contribution in [3.05, 3.63) is 83.7 Å². The first kappa shape index (κ1) is 17.2. The van der Waals surface area contributed by atoms with Gasteiger partial charge in [0.15, 0.2) is 5.58 Å². The molecule has 0 saturated heterocycles. The van der Waals surface area contributed by atoms with Gasteiger partial charge in [0.25, 0.3) is 0 Å². The topological polar surface area (TPSA) is 38.9 Å². The van der Waals surface area contributed by atoms with Crippen molar-refractivity contribution in [2.45, 2.75) is 20.8 Å². The van der Waals surface area contributed by atoms with Crippen LogP contribution in [0.1, 0.15) is 16.7 Å². The minimum Gasteiger partial charge on any atom is -0.452 e. The molecule has 0 N–H and O–H groups in total. The van der Waals surface area contributed by atoms with E-state index in [-0.39, 0.29) is 0 Å². The lowest BCUT2D eigenvalue weighted by atomic mass is 9.95. The first-order chi connectivity index (χ1) is 14.6. The maximum absolute atomic E-state index is 6.32. The van der Waals surface area contributed by atoms with Gasteiger partial charge in [-0.2, -0.15) is 0 Å². The van der Waals surface area contributed by atoms with Gasteiger partial charge in [-0.3, -0.25) is 0 Å². The fourth-order valence-electron chi connectivity index (χ4n) is 4.85. The van der Waals surface area contributed by atoms with E-state index in [4.69, 9.17) is 4.42 Å². The highest BCUT2D eigenvalue weighted by Gasteiger charge is 2.17. The van der Waals surface area contributed by atoms with Crippen molar-refractivity contribution in [3.63, 3.8) is 0 Å². The molecule has 0 saturated carbocycles. The third-order valence-electron chi connectivity index (χ3n) is 6.00. The van der Waals surface area contributed by atoms with Crippen molar-refractivity contribution < 1.29 is 4.42 Å². The predicted octanol–water partition coefficient (Wildman–Crippen LogP) is 7.27. The number of benzene rings is 4. The number of nitrogens with zero attached hydrogens (tertiary/aromatic N) is 2. The Morgan fingerprint density at radius 3 is 2.47 bits per heavy atom. The Morgan fingerprint density at radius 2 is 1.57 bits per heavy atom. The van der Waals surface area contributed by atoms with Crippen LogP contribution in [0.2, 0.25) is 0 Å². The van der Waals surface area contributed by atoms with Crippen LogP contribution >= 0.6 is 0 Å². The van der Waals surface area contributed by atoms with Gasteiger partial charge in [0.2, 0.25) is 0 Å². The SMILES string of the molecule is Cc1cc(C)c2c(C)cc(-c3ncnc4c3oc3ccc5ccccc5c34)cc2c1. The van der Waals surface area contributed by atoms with Gasteiger partial charge in [-0.1, -0.05) is 48.0 Å². The minimum atomic E-state index is 0.743. The highest BCUT2D eigenvalue weighted by atomic mass is 16.3. The van der Waals surface area contributed by atoms with Gasteiger partial charge in [0.05, 0.1) is 5.39 Å². The van der Waals surface area contributed by atoms with Gasteiger partial charge >= 0.3 is 0 Å². The highest BCUT2D eigenvalue weighted by Crippen LogP contribution is 2.38. The summed E-state index contributed by atoms with van der Waals surface area (Å²) in [5, 5.41) is 5.93. The lowest BCUT2D eigenvalue weighted by molar-refractivity contribution is 0.667. The summed E-state index contributed by atoms with van der Waals surface area (Å²) in [7, 11) is 0. The second-order valence-corrected chi connectivity index (χ2v) is 8.13. The zero-order valence-corrected chi connectivity index (χ0v) is 17.2. The van der Waals surface area contributed by atoms with Crippen LogP contribution in [-0.2, 0) is 0 Å². The molecule has 0 radical (unpaired) electrons. The largest absolute Gasteiger partial charge is 0.452 e. The van der Waals surface area contributed by atoms with Crippen molar-refractivity contribution in [3.8, 4) is 11.3 Å². The van der Waals surface area contributed by atoms with Gasteiger partial charge in [-0.25, -0.2) is 9.97 Å². The molecule has 6 rings (SSSR count). The van der Waals surface area contributed by atoms with E-state index >= 15 is 0 Å². The molecule has 0 aliphatic heterocycles. The highest BCUT2D eigenvalue weighted by molar-refractivity contribution is 6.18. The van der Waals surface area contributed by atoms with Crippen LogP contribution in [0.4, 0.5) is 0 Å². The normalized spacial score (nSPS) is 11.8. The quantitative estimate of drug-likeness (QED) is 0.297. The van der Waals surface area contributed by atoms with Gasteiger partial charge in [0.1, 0.15) is 23.1 Å². The van der Waals surface area contributed by atoms with Crippen LogP contribution in [0, 0.1) is 20.8 Å². The predicted molar refractivity (Wildman–Crippen MR) is 124 cm³/mol. The summed E-state index contributed by atoms with van der Waals surface area (Å²) in [6, 6.07) is 21.4. The molecule has 144 valence electrons. The summed E-state index contributed by atoms with van der Waals surface area (Å²) in [4.78, 5) is 9.25. The average Bonchev–Trinajstić information content (AvgIpc) is 3.12. The van der Waals surface area contributed by atoms with E-state index in [1.807, 2.05) is 6.07 Å². The second kappa shape index (κ2) is 6.14. The Kier molecular flexibility index (Phi) is 3.51. The smallest absolute Gasteiger partial charge is 0.180 e. The molecule has 0 fully saturated rings. The number of furan rings is 1. The standard InChI is InChI=1S/C27H20N2O/c1-15-10-16(2)23-17(3)12-20(13-19(23)11-15)25-27-26(29-14-28-25)24-21-7-5-4-6-18(21)8-9-22(24)30-27/h4-14H,1-3H3. The monoisotopic (exact) mass is 388 g/mol. The number of aromatic nitrogens is 2. The molecular weight excluding hydrogens is 368 g/mol. The Bertz CT molecular complexity index is 1630. The third kappa shape index (κ3) is 2.38. The average molecular weight is 388 g/mol. The Morgan fingerprint density at radius 1 is 0.733 bits per heavy atom. The van der Waals surface area contributed by atoms with Crippen LogP contribution < -0.4 is 0 Å². The molecule has 3 heteroatoms. The van der Waals surface area contributed by atoms with E-state index < -0.39 is 0 Å². The molecule has 3 nitrogen and oxygen atoms in total. The van der Waals surface area contributed by atoms with Gasteiger partial charge in [0, 0.05) is 5.56 Å². The number of hydrogen-bond acceptors (Lipinski definition) is 3. The summed E-state index contributed by atoms with van der Waals surface area (Å²) >= 11 is 0. The number of rotatable bonds is 1. The fourth-order valence-corrected chi connectivity index (χ4v) is 4.85. The number of fused-ring (bicyclic) bond motifs is 6. The molecule has 30 heavy (non-hydrogen) atoms. The zero-order valence-electron chi connectivity index (χ0n) is 17.2. The summed E-state index contributed by atoms with van der Waals surface area (Å²) in [5.41, 5.74) is 8.15. The summed E-state index contributed by atoms with van der Waals surface area (Å²) in [6.45, 7) is 6.48. The maximum Gasteiger partial charge on any atom is 0.180 e. The van der Waals surface area contributed by atoms with Crippen LogP contribution in [0.5, 0.6) is 0 Å². The first-order valence-corrected chi connectivity index (χ1v) is 10.2. The molecule has 6 aromatic rings. The summed E-state index contributed by atoms with van der Waals surface area (Å²) in [6.07, 6.45) is 1.65. The van der Waals surface area contributed by atoms with Gasteiger partial charge in [-0.05, 0) is 71.6 Å². The van der Waals surface area contributed by atoms with Crippen LogP contribution in [0.15, 0.2) is 71.4 Å². The fraction of sp³-hybridized carbons (Fsp3) is 0.111. The van der Waals surface area contributed by atoms with E-state index in [0.717, 1.165) is 38.7 Å². The molecule has 0 bridgehead atoms. The molecule has 0 aliphatic carbocycles. The van der Waals surface area contributed by atoms with Gasteiger partial charge < -0.3 is 4.42 Å². The molecular formula is C27H20N2O. The zero-order chi connectivity index (χ0) is 20.4. The van der Waals surface area contributed by atoms with Crippen molar-refractivity contribution in [1.29, 1.82) is 0 Å².